The largest absolute Gasteiger partial charge is 0.481 e. The molecular formula is C11H12N2O2. The second-order valence-corrected chi connectivity index (χ2v) is 3.49. The van der Waals surface area contributed by atoms with Gasteiger partial charge in [-0.05, 0) is 17.7 Å². The van der Waals surface area contributed by atoms with Crippen LogP contribution in [0.2, 0.25) is 0 Å². The number of aliphatic carboxylic acids is 1. The number of hydrogen-bond acceptors (Lipinski definition) is 2. The van der Waals surface area contributed by atoms with Gasteiger partial charge >= 0.3 is 5.97 Å². The molecule has 78 valence electrons. The number of aromatic amines is 1. The van der Waals surface area contributed by atoms with Crippen LogP contribution >= 0.6 is 0 Å². The molecule has 4 N–H and O–H groups in total. The molecule has 1 aromatic heterocycles. The van der Waals surface area contributed by atoms with Gasteiger partial charge < -0.3 is 15.8 Å². The van der Waals surface area contributed by atoms with Gasteiger partial charge in [0.25, 0.3) is 0 Å². The topological polar surface area (TPSA) is 79.1 Å². The van der Waals surface area contributed by atoms with Crippen LogP contribution in [0.1, 0.15) is 18.0 Å². The number of H-pyrrole nitrogens is 1. The fourth-order valence-electron chi connectivity index (χ4n) is 1.73. The number of carboxylic acid groups (broad SMARTS) is 1. The van der Waals surface area contributed by atoms with Crippen molar-refractivity contribution in [1.82, 2.24) is 4.98 Å². The summed E-state index contributed by atoms with van der Waals surface area (Å²) in [4.78, 5) is 13.6. The molecule has 0 saturated heterocycles. The number of hydrogen-bond donors (Lipinski definition) is 3. The van der Waals surface area contributed by atoms with Crippen molar-refractivity contribution in [1.29, 1.82) is 0 Å². The fourth-order valence-corrected chi connectivity index (χ4v) is 1.73. The average molecular weight is 204 g/mol. The minimum absolute atomic E-state index is 0.0513. The predicted molar refractivity (Wildman–Crippen MR) is 57.5 cm³/mol. The smallest absolute Gasteiger partial charge is 0.305 e. The maximum atomic E-state index is 10.6. The maximum absolute atomic E-state index is 10.6. The quantitative estimate of drug-likeness (QED) is 0.711. The molecule has 4 nitrogen and oxygen atoms in total. The summed E-state index contributed by atoms with van der Waals surface area (Å²) in [6, 6.07) is 7.13. The molecule has 0 aliphatic rings. The first kappa shape index (κ1) is 9.73. The Morgan fingerprint density at radius 1 is 1.47 bits per heavy atom. The van der Waals surface area contributed by atoms with Crippen LogP contribution in [-0.2, 0) is 4.79 Å². The third-order valence-corrected chi connectivity index (χ3v) is 2.42. The number of nitrogens with one attached hydrogen (secondary N) is 1. The van der Waals surface area contributed by atoms with Crippen molar-refractivity contribution in [2.24, 2.45) is 5.73 Å². The summed E-state index contributed by atoms with van der Waals surface area (Å²) in [6.07, 6.45) is 1.77. The zero-order valence-corrected chi connectivity index (χ0v) is 8.10. The molecule has 0 aliphatic heterocycles. The second-order valence-electron chi connectivity index (χ2n) is 3.49. The van der Waals surface area contributed by atoms with E-state index in [0.717, 1.165) is 16.5 Å². The molecule has 0 unspecified atom stereocenters. The Morgan fingerprint density at radius 3 is 3.00 bits per heavy atom. The molecule has 1 heterocycles. The highest BCUT2D eigenvalue weighted by molar-refractivity contribution is 5.84. The molecule has 0 spiro atoms. The number of rotatable bonds is 3. The molecule has 1 atom stereocenters. The highest BCUT2D eigenvalue weighted by Crippen LogP contribution is 2.23. The normalized spacial score (nSPS) is 12.9. The first-order valence-electron chi connectivity index (χ1n) is 4.72. The van der Waals surface area contributed by atoms with Crippen LogP contribution in [0, 0.1) is 0 Å². The Kier molecular flexibility index (Phi) is 2.43. The summed E-state index contributed by atoms with van der Waals surface area (Å²) in [5, 5.41) is 9.67. The molecule has 1 aromatic carbocycles. The average Bonchev–Trinajstić information content (AvgIpc) is 2.63. The molecule has 0 aliphatic carbocycles. The van der Waals surface area contributed by atoms with Crippen molar-refractivity contribution in [3.63, 3.8) is 0 Å². The Hall–Kier alpha value is -1.81. The Morgan fingerprint density at radius 2 is 2.27 bits per heavy atom. The van der Waals surface area contributed by atoms with Gasteiger partial charge in [0.05, 0.1) is 6.42 Å². The van der Waals surface area contributed by atoms with Crippen molar-refractivity contribution in [3.05, 3.63) is 36.0 Å². The summed E-state index contributed by atoms with van der Waals surface area (Å²) < 4.78 is 0. The lowest BCUT2D eigenvalue weighted by Gasteiger charge is -2.10. The van der Waals surface area contributed by atoms with E-state index in [4.69, 9.17) is 10.8 Å². The first-order chi connectivity index (χ1) is 7.18. The molecule has 0 amide bonds. The van der Waals surface area contributed by atoms with Gasteiger partial charge in [-0.25, -0.2) is 0 Å². The highest BCUT2D eigenvalue weighted by Gasteiger charge is 2.13. The minimum Gasteiger partial charge on any atom is -0.481 e. The molecule has 0 fully saturated rings. The summed E-state index contributed by atoms with van der Waals surface area (Å²) >= 11 is 0. The van der Waals surface area contributed by atoms with Crippen LogP contribution in [0.4, 0.5) is 0 Å². The van der Waals surface area contributed by atoms with Crippen LogP contribution < -0.4 is 5.73 Å². The van der Waals surface area contributed by atoms with Crippen LogP contribution in [-0.4, -0.2) is 16.1 Å². The first-order valence-corrected chi connectivity index (χ1v) is 4.72. The zero-order chi connectivity index (χ0) is 10.8. The lowest BCUT2D eigenvalue weighted by Crippen LogP contribution is -2.15. The van der Waals surface area contributed by atoms with E-state index in [1.54, 1.807) is 0 Å². The van der Waals surface area contributed by atoms with Gasteiger partial charge in [0.2, 0.25) is 0 Å². The van der Waals surface area contributed by atoms with Gasteiger partial charge in [-0.1, -0.05) is 12.1 Å². The molecule has 4 heteroatoms. The van der Waals surface area contributed by atoms with Gasteiger partial charge in [0.15, 0.2) is 0 Å². The van der Waals surface area contributed by atoms with E-state index in [1.807, 2.05) is 30.5 Å². The van der Waals surface area contributed by atoms with Crippen molar-refractivity contribution in [3.8, 4) is 0 Å². The number of aromatic nitrogens is 1. The van der Waals surface area contributed by atoms with Crippen molar-refractivity contribution in [2.45, 2.75) is 12.5 Å². The monoisotopic (exact) mass is 204 g/mol. The van der Waals surface area contributed by atoms with E-state index >= 15 is 0 Å². The standard InChI is InChI=1S/C11H12N2O2/c12-9(6-11(14)15)7-2-1-3-10-8(7)4-5-13-10/h1-5,9,13H,6,12H2,(H,14,15)/t9-/m1/s1. The van der Waals surface area contributed by atoms with E-state index in [-0.39, 0.29) is 6.42 Å². The van der Waals surface area contributed by atoms with Crippen LogP contribution in [0.25, 0.3) is 10.9 Å². The van der Waals surface area contributed by atoms with E-state index in [1.165, 1.54) is 0 Å². The van der Waals surface area contributed by atoms with Gasteiger partial charge in [0.1, 0.15) is 0 Å². The third-order valence-electron chi connectivity index (χ3n) is 2.42. The molecule has 0 saturated carbocycles. The van der Waals surface area contributed by atoms with Gasteiger partial charge in [-0.15, -0.1) is 0 Å². The van der Waals surface area contributed by atoms with E-state index < -0.39 is 12.0 Å². The maximum Gasteiger partial charge on any atom is 0.305 e. The number of benzene rings is 1. The lowest BCUT2D eigenvalue weighted by molar-refractivity contribution is -0.137. The summed E-state index contributed by atoms with van der Waals surface area (Å²) in [6.45, 7) is 0. The molecule has 0 bridgehead atoms. The molecule has 2 rings (SSSR count). The van der Waals surface area contributed by atoms with Crippen molar-refractivity contribution < 1.29 is 9.90 Å². The minimum atomic E-state index is -0.880. The summed E-state index contributed by atoms with van der Waals surface area (Å²) in [5.74, 6) is -0.880. The molecule has 2 aromatic rings. The lowest BCUT2D eigenvalue weighted by atomic mass is 10.0. The van der Waals surface area contributed by atoms with Gasteiger partial charge in [0, 0.05) is 23.1 Å². The van der Waals surface area contributed by atoms with Gasteiger partial charge in [-0.3, -0.25) is 4.79 Å². The second kappa shape index (κ2) is 3.74. The number of nitrogens with two attached hydrogens (primary N) is 1. The van der Waals surface area contributed by atoms with Crippen LogP contribution in [0.15, 0.2) is 30.5 Å². The van der Waals surface area contributed by atoms with Crippen LogP contribution in [0.3, 0.4) is 0 Å². The number of fused-ring (bicyclic) bond motifs is 1. The Balaban J connectivity index is 2.42. The predicted octanol–water partition coefficient (Wildman–Crippen LogP) is 1.64. The summed E-state index contributed by atoms with van der Waals surface area (Å²) in [5.41, 5.74) is 7.68. The van der Waals surface area contributed by atoms with Crippen LogP contribution in [0.5, 0.6) is 0 Å². The molecular weight excluding hydrogens is 192 g/mol. The number of carbonyl (C=O) groups is 1. The Labute approximate surface area is 86.7 Å². The molecule has 0 radical (unpaired) electrons. The summed E-state index contributed by atoms with van der Waals surface area (Å²) in [7, 11) is 0. The van der Waals surface area contributed by atoms with Crippen molar-refractivity contribution in [2.75, 3.05) is 0 Å². The van der Waals surface area contributed by atoms with E-state index in [2.05, 4.69) is 4.98 Å². The highest BCUT2D eigenvalue weighted by atomic mass is 16.4. The Bertz CT molecular complexity index is 490. The van der Waals surface area contributed by atoms with E-state index in [9.17, 15) is 4.79 Å². The third kappa shape index (κ3) is 1.85. The van der Waals surface area contributed by atoms with Gasteiger partial charge in [-0.2, -0.15) is 0 Å². The van der Waals surface area contributed by atoms with Crippen molar-refractivity contribution >= 4 is 16.9 Å². The SMILES string of the molecule is N[C@H](CC(=O)O)c1cccc2[nH]ccc12. The molecule has 15 heavy (non-hydrogen) atoms. The number of carboxylic acids is 1. The zero-order valence-electron chi connectivity index (χ0n) is 8.10. The van der Waals surface area contributed by atoms with E-state index in [0.29, 0.717) is 0 Å². The fraction of sp³-hybridized carbons (Fsp3) is 0.182.